The molecule has 8 heteroatoms. The zero-order chi connectivity index (χ0) is 13.9. The number of nitrogens with one attached hydrogen (secondary N) is 1. The molecule has 0 aliphatic carbocycles. The number of aromatic nitrogens is 4. The van der Waals surface area contributed by atoms with Crippen LogP contribution in [0.1, 0.15) is 12.8 Å². The van der Waals surface area contributed by atoms with E-state index in [2.05, 4.69) is 25.5 Å². The Hall–Kier alpha value is -2.02. The van der Waals surface area contributed by atoms with Crippen molar-refractivity contribution in [2.45, 2.75) is 12.8 Å². The van der Waals surface area contributed by atoms with Crippen molar-refractivity contribution in [3.63, 3.8) is 0 Å². The van der Waals surface area contributed by atoms with Crippen LogP contribution in [-0.2, 0) is 0 Å². The molecule has 1 N–H and O–H groups in total. The zero-order valence-electron chi connectivity index (χ0n) is 10.6. The molecule has 1 aliphatic heterocycles. The Balaban J connectivity index is 1.86. The molecule has 2 aromatic heterocycles. The van der Waals surface area contributed by atoms with Gasteiger partial charge in [0.2, 0.25) is 5.95 Å². The summed E-state index contributed by atoms with van der Waals surface area (Å²) in [6, 6.07) is 1.55. The number of halogens is 2. The summed E-state index contributed by atoms with van der Waals surface area (Å²) < 4.78 is 13.8. The van der Waals surface area contributed by atoms with E-state index in [0.717, 1.165) is 32.1 Å². The Bertz CT molecular complexity index is 617. The second kappa shape index (κ2) is 5.54. The van der Waals surface area contributed by atoms with Gasteiger partial charge in [0.1, 0.15) is 0 Å². The molecular weight excluding hydrogens is 283 g/mol. The minimum absolute atomic E-state index is 0.0680. The van der Waals surface area contributed by atoms with E-state index >= 15 is 0 Å². The van der Waals surface area contributed by atoms with E-state index in [4.69, 9.17) is 11.6 Å². The molecule has 0 amide bonds. The van der Waals surface area contributed by atoms with E-state index in [9.17, 15) is 4.39 Å². The predicted octanol–water partition coefficient (Wildman–Crippen LogP) is 2.40. The number of anilines is 3. The molecule has 0 radical (unpaired) electrons. The topological polar surface area (TPSA) is 66.8 Å². The van der Waals surface area contributed by atoms with Crippen molar-refractivity contribution in [3.05, 3.63) is 29.3 Å². The fourth-order valence-electron chi connectivity index (χ4n) is 2.04. The maximum Gasteiger partial charge on any atom is 0.227 e. The van der Waals surface area contributed by atoms with Crippen LogP contribution in [0.15, 0.2) is 18.5 Å². The van der Waals surface area contributed by atoms with Gasteiger partial charge in [-0.2, -0.15) is 10.1 Å². The number of hydrogen-bond acceptors (Lipinski definition) is 6. The Labute approximate surface area is 120 Å². The lowest BCUT2D eigenvalue weighted by atomic mass is 10.4. The van der Waals surface area contributed by atoms with Crippen molar-refractivity contribution >= 4 is 29.2 Å². The van der Waals surface area contributed by atoms with Crippen LogP contribution >= 0.6 is 11.6 Å². The molecule has 104 valence electrons. The van der Waals surface area contributed by atoms with Gasteiger partial charge in [-0.25, -0.2) is 9.37 Å². The van der Waals surface area contributed by atoms with E-state index in [1.54, 1.807) is 6.07 Å². The molecule has 20 heavy (non-hydrogen) atoms. The fourth-order valence-corrected chi connectivity index (χ4v) is 2.19. The summed E-state index contributed by atoms with van der Waals surface area (Å²) in [7, 11) is 0. The molecule has 6 nitrogen and oxygen atoms in total. The van der Waals surface area contributed by atoms with Gasteiger partial charge in [-0.1, -0.05) is 11.6 Å². The van der Waals surface area contributed by atoms with Crippen LogP contribution in [-0.4, -0.2) is 33.3 Å². The van der Waals surface area contributed by atoms with Gasteiger partial charge in [-0.05, 0) is 12.8 Å². The molecule has 0 unspecified atom stereocenters. The maximum atomic E-state index is 13.8. The van der Waals surface area contributed by atoms with Crippen molar-refractivity contribution in [1.82, 2.24) is 20.2 Å². The quantitative estimate of drug-likeness (QED) is 0.937. The Morgan fingerprint density at radius 2 is 2.05 bits per heavy atom. The van der Waals surface area contributed by atoms with Crippen molar-refractivity contribution in [1.29, 1.82) is 0 Å². The van der Waals surface area contributed by atoms with Crippen LogP contribution in [0.5, 0.6) is 0 Å². The molecular formula is C12H12ClFN6. The second-order valence-corrected chi connectivity index (χ2v) is 4.88. The van der Waals surface area contributed by atoms with Crippen LogP contribution in [0.4, 0.5) is 22.0 Å². The van der Waals surface area contributed by atoms with Crippen molar-refractivity contribution in [2.75, 3.05) is 23.3 Å². The van der Waals surface area contributed by atoms with Crippen LogP contribution in [0.25, 0.3) is 0 Å². The lowest BCUT2D eigenvalue weighted by Crippen LogP contribution is -2.21. The fraction of sp³-hybridized carbons (Fsp3) is 0.333. The lowest BCUT2D eigenvalue weighted by Gasteiger charge is -2.15. The van der Waals surface area contributed by atoms with Gasteiger partial charge in [0.05, 0.1) is 17.4 Å². The highest BCUT2D eigenvalue weighted by Crippen LogP contribution is 2.21. The summed E-state index contributed by atoms with van der Waals surface area (Å²) in [6.07, 6.45) is 4.76. The first kappa shape index (κ1) is 13.0. The molecule has 1 fully saturated rings. The number of nitrogens with zero attached hydrogens (tertiary/aromatic N) is 5. The van der Waals surface area contributed by atoms with Gasteiger partial charge in [-0.3, -0.25) is 0 Å². The third kappa shape index (κ3) is 2.77. The highest BCUT2D eigenvalue weighted by Gasteiger charge is 2.17. The molecule has 1 aliphatic rings. The Morgan fingerprint density at radius 1 is 1.25 bits per heavy atom. The van der Waals surface area contributed by atoms with E-state index in [1.165, 1.54) is 6.20 Å². The molecule has 3 heterocycles. The van der Waals surface area contributed by atoms with Crippen molar-refractivity contribution in [2.24, 2.45) is 0 Å². The standard InChI is InChI=1S/C12H12ClFN6/c13-8-5-10(19-16-6-8)17-11-9(14)7-15-12(18-11)20-3-1-2-4-20/h5-7H,1-4H2,(H,15,17,18,19). The monoisotopic (exact) mass is 294 g/mol. The average molecular weight is 295 g/mol. The SMILES string of the molecule is Fc1cnc(N2CCCC2)nc1Nc1cc(Cl)cnn1. The third-order valence-corrected chi connectivity index (χ3v) is 3.19. The molecule has 0 aromatic carbocycles. The lowest BCUT2D eigenvalue weighted by molar-refractivity contribution is 0.617. The highest BCUT2D eigenvalue weighted by atomic mass is 35.5. The van der Waals surface area contributed by atoms with Crippen molar-refractivity contribution < 1.29 is 4.39 Å². The number of rotatable bonds is 3. The van der Waals surface area contributed by atoms with Crippen LogP contribution in [0, 0.1) is 5.82 Å². The molecule has 0 bridgehead atoms. The first-order valence-corrected chi connectivity index (χ1v) is 6.63. The normalized spacial score (nSPS) is 14.6. The maximum absolute atomic E-state index is 13.8. The van der Waals surface area contributed by atoms with Crippen molar-refractivity contribution in [3.8, 4) is 0 Å². The Morgan fingerprint density at radius 3 is 2.80 bits per heavy atom. The minimum atomic E-state index is -0.547. The van der Waals surface area contributed by atoms with Gasteiger partial charge >= 0.3 is 0 Å². The largest absolute Gasteiger partial charge is 0.341 e. The van der Waals surface area contributed by atoms with E-state index < -0.39 is 5.82 Å². The first-order chi connectivity index (χ1) is 9.72. The summed E-state index contributed by atoms with van der Waals surface area (Å²) in [5, 5.41) is 10.7. The average Bonchev–Trinajstić information content (AvgIpc) is 2.95. The zero-order valence-corrected chi connectivity index (χ0v) is 11.3. The summed E-state index contributed by atoms with van der Waals surface area (Å²) in [6.45, 7) is 1.78. The van der Waals surface area contributed by atoms with Crippen LogP contribution in [0.2, 0.25) is 5.02 Å². The van der Waals surface area contributed by atoms with E-state index in [1.807, 2.05) is 4.90 Å². The van der Waals surface area contributed by atoms with Gasteiger partial charge in [0.15, 0.2) is 17.5 Å². The van der Waals surface area contributed by atoms with Crippen LogP contribution < -0.4 is 10.2 Å². The van der Waals surface area contributed by atoms with Gasteiger partial charge < -0.3 is 10.2 Å². The molecule has 1 saturated heterocycles. The second-order valence-electron chi connectivity index (χ2n) is 4.44. The summed E-state index contributed by atoms with van der Waals surface area (Å²) >= 11 is 5.81. The van der Waals surface area contributed by atoms with Gasteiger partial charge in [0.25, 0.3) is 0 Å². The predicted molar refractivity (Wildman–Crippen MR) is 73.8 cm³/mol. The molecule has 0 atom stereocenters. The third-order valence-electron chi connectivity index (χ3n) is 2.99. The molecule has 0 spiro atoms. The minimum Gasteiger partial charge on any atom is -0.341 e. The first-order valence-electron chi connectivity index (χ1n) is 6.25. The number of hydrogen-bond donors (Lipinski definition) is 1. The summed E-state index contributed by atoms with van der Waals surface area (Å²) in [5.74, 6) is 0.372. The summed E-state index contributed by atoms with van der Waals surface area (Å²) in [5.41, 5.74) is 0. The highest BCUT2D eigenvalue weighted by molar-refractivity contribution is 6.30. The van der Waals surface area contributed by atoms with E-state index in [-0.39, 0.29) is 5.82 Å². The van der Waals surface area contributed by atoms with Crippen LogP contribution in [0.3, 0.4) is 0 Å². The van der Waals surface area contributed by atoms with E-state index in [0.29, 0.717) is 16.8 Å². The summed E-state index contributed by atoms with van der Waals surface area (Å²) in [4.78, 5) is 10.2. The Kier molecular flexibility index (Phi) is 3.60. The molecule has 3 rings (SSSR count). The smallest absolute Gasteiger partial charge is 0.227 e. The molecule has 0 saturated carbocycles. The van der Waals surface area contributed by atoms with Gasteiger partial charge in [-0.15, -0.1) is 5.10 Å². The molecule has 2 aromatic rings. The van der Waals surface area contributed by atoms with Gasteiger partial charge in [0, 0.05) is 19.2 Å².